The fourth-order valence-corrected chi connectivity index (χ4v) is 2.29. The first-order valence-corrected chi connectivity index (χ1v) is 7.09. The van der Waals surface area contributed by atoms with Crippen LogP contribution < -0.4 is 4.90 Å². The second-order valence-electron chi connectivity index (χ2n) is 5.00. The molecule has 0 aromatic heterocycles. The van der Waals surface area contributed by atoms with Crippen LogP contribution in [-0.2, 0) is 9.59 Å². The highest BCUT2D eigenvalue weighted by Crippen LogP contribution is 2.20. The highest BCUT2D eigenvalue weighted by atomic mass is 16.2. The molecule has 0 aliphatic carbocycles. The zero-order chi connectivity index (χ0) is 16.2. The third-order valence-corrected chi connectivity index (χ3v) is 3.42. The standard InChI is InChI=1S/C19H13NO3/c21-17(10-9-14-5-2-1-3-6-14)15-7-4-8-16(13-15)20-18(22)11-12-19(20)23/h1-13H/b10-9+. The number of hydrogen-bond donors (Lipinski definition) is 0. The predicted octanol–water partition coefficient (Wildman–Crippen LogP) is 3.01. The summed E-state index contributed by atoms with van der Waals surface area (Å²) < 4.78 is 0. The van der Waals surface area contributed by atoms with Gasteiger partial charge in [-0.3, -0.25) is 14.4 Å². The fourth-order valence-electron chi connectivity index (χ4n) is 2.29. The summed E-state index contributed by atoms with van der Waals surface area (Å²) in [6.07, 6.45) is 5.63. The van der Waals surface area contributed by atoms with E-state index in [9.17, 15) is 14.4 Å². The van der Waals surface area contributed by atoms with Crippen LogP contribution in [0.5, 0.6) is 0 Å². The van der Waals surface area contributed by atoms with Gasteiger partial charge in [-0.2, -0.15) is 0 Å². The van der Waals surface area contributed by atoms with Crippen molar-refractivity contribution < 1.29 is 14.4 Å². The minimum atomic E-state index is -0.403. The first-order chi connectivity index (χ1) is 11.1. The molecule has 0 atom stereocenters. The Bertz CT molecular complexity index is 817. The van der Waals surface area contributed by atoms with Gasteiger partial charge in [-0.1, -0.05) is 48.5 Å². The third kappa shape index (κ3) is 3.16. The average molecular weight is 303 g/mol. The monoisotopic (exact) mass is 303 g/mol. The molecule has 0 spiro atoms. The zero-order valence-electron chi connectivity index (χ0n) is 12.2. The van der Waals surface area contributed by atoms with E-state index in [0.29, 0.717) is 11.3 Å². The van der Waals surface area contributed by atoms with E-state index >= 15 is 0 Å². The average Bonchev–Trinajstić information content (AvgIpc) is 2.92. The number of ketones is 1. The van der Waals surface area contributed by atoms with Gasteiger partial charge in [0.2, 0.25) is 0 Å². The summed E-state index contributed by atoms with van der Waals surface area (Å²) in [6.45, 7) is 0. The molecule has 1 aliphatic rings. The van der Waals surface area contributed by atoms with Crippen LogP contribution in [0.1, 0.15) is 15.9 Å². The number of anilines is 1. The summed E-state index contributed by atoms with van der Waals surface area (Å²) in [6, 6.07) is 15.9. The van der Waals surface area contributed by atoms with Crippen molar-refractivity contribution in [1.82, 2.24) is 0 Å². The molecule has 3 rings (SSSR count). The number of amides is 2. The van der Waals surface area contributed by atoms with E-state index in [0.717, 1.165) is 10.5 Å². The van der Waals surface area contributed by atoms with Crippen LogP contribution in [0.4, 0.5) is 5.69 Å². The Kier molecular flexibility index (Phi) is 3.97. The van der Waals surface area contributed by atoms with E-state index in [2.05, 4.69) is 0 Å². The van der Waals surface area contributed by atoms with Gasteiger partial charge in [-0.15, -0.1) is 0 Å². The maximum Gasteiger partial charge on any atom is 0.258 e. The van der Waals surface area contributed by atoms with Crippen molar-refractivity contribution in [2.75, 3.05) is 4.90 Å². The molecule has 4 nitrogen and oxygen atoms in total. The van der Waals surface area contributed by atoms with Crippen molar-refractivity contribution in [2.24, 2.45) is 0 Å². The Morgan fingerprint density at radius 1 is 0.870 bits per heavy atom. The van der Waals surface area contributed by atoms with E-state index in [-0.39, 0.29) is 5.78 Å². The highest BCUT2D eigenvalue weighted by Gasteiger charge is 2.25. The van der Waals surface area contributed by atoms with Gasteiger partial charge in [0.25, 0.3) is 11.8 Å². The van der Waals surface area contributed by atoms with Gasteiger partial charge in [0, 0.05) is 17.7 Å². The maximum absolute atomic E-state index is 12.3. The minimum Gasteiger partial charge on any atom is -0.289 e. The van der Waals surface area contributed by atoms with Crippen molar-refractivity contribution >= 4 is 29.4 Å². The molecule has 112 valence electrons. The number of benzene rings is 2. The Balaban J connectivity index is 1.82. The lowest BCUT2D eigenvalue weighted by Crippen LogP contribution is -2.29. The summed E-state index contributed by atoms with van der Waals surface area (Å²) in [5, 5.41) is 0. The van der Waals surface area contributed by atoms with Crippen LogP contribution >= 0.6 is 0 Å². The van der Waals surface area contributed by atoms with Gasteiger partial charge in [0.05, 0.1) is 5.69 Å². The van der Waals surface area contributed by atoms with Gasteiger partial charge in [0.15, 0.2) is 5.78 Å². The molecule has 0 unspecified atom stereocenters. The number of carbonyl (C=O) groups is 3. The van der Waals surface area contributed by atoms with Crippen LogP contribution in [0, 0.1) is 0 Å². The lowest BCUT2D eigenvalue weighted by Gasteiger charge is -2.14. The number of hydrogen-bond acceptors (Lipinski definition) is 3. The molecular formula is C19H13NO3. The Labute approximate surface area is 133 Å². The van der Waals surface area contributed by atoms with E-state index < -0.39 is 11.8 Å². The maximum atomic E-state index is 12.3. The van der Waals surface area contributed by atoms with E-state index in [1.165, 1.54) is 18.2 Å². The summed E-state index contributed by atoms with van der Waals surface area (Å²) in [4.78, 5) is 36.7. The SMILES string of the molecule is O=C(/C=C/c1ccccc1)c1cccc(N2C(=O)C=CC2=O)c1. The number of nitrogens with zero attached hydrogens (tertiary/aromatic N) is 1. The van der Waals surface area contributed by atoms with Crippen LogP contribution in [-0.4, -0.2) is 17.6 Å². The molecule has 0 N–H and O–H groups in total. The second kappa shape index (κ2) is 6.23. The zero-order valence-corrected chi connectivity index (χ0v) is 12.2. The summed E-state index contributed by atoms with van der Waals surface area (Å²) in [5.74, 6) is -0.999. The molecule has 2 amide bonds. The van der Waals surface area contributed by atoms with Gasteiger partial charge in [0.1, 0.15) is 0 Å². The quantitative estimate of drug-likeness (QED) is 0.495. The Morgan fingerprint density at radius 2 is 1.57 bits per heavy atom. The fraction of sp³-hybridized carbons (Fsp3) is 0. The van der Waals surface area contributed by atoms with Gasteiger partial charge in [-0.25, -0.2) is 4.90 Å². The third-order valence-electron chi connectivity index (χ3n) is 3.42. The van der Waals surface area contributed by atoms with Gasteiger partial charge >= 0.3 is 0 Å². The molecule has 0 saturated carbocycles. The minimum absolute atomic E-state index is 0.192. The molecule has 0 radical (unpaired) electrons. The number of allylic oxidation sites excluding steroid dienone is 1. The highest BCUT2D eigenvalue weighted by molar-refractivity contribution is 6.28. The van der Waals surface area contributed by atoms with Crippen LogP contribution in [0.15, 0.2) is 72.8 Å². The van der Waals surface area contributed by atoms with Crippen molar-refractivity contribution in [1.29, 1.82) is 0 Å². The van der Waals surface area contributed by atoms with E-state index in [4.69, 9.17) is 0 Å². The number of rotatable bonds is 4. The summed E-state index contributed by atoms with van der Waals surface area (Å²) in [7, 11) is 0. The van der Waals surface area contributed by atoms with Crippen molar-refractivity contribution in [3.8, 4) is 0 Å². The molecule has 0 bridgehead atoms. The molecule has 0 fully saturated rings. The molecule has 2 aromatic carbocycles. The predicted molar refractivity (Wildman–Crippen MR) is 87.9 cm³/mol. The largest absolute Gasteiger partial charge is 0.289 e. The smallest absolute Gasteiger partial charge is 0.258 e. The second-order valence-corrected chi connectivity index (χ2v) is 5.00. The molecular weight excluding hydrogens is 290 g/mol. The molecule has 0 saturated heterocycles. The van der Waals surface area contributed by atoms with Crippen LogP contribution in [0.3, 0.4) is 0 Å². The van der Waals surface area contributed by atoms with E-state index in [1.54, 1.807) is 30.3 Å². The van der Waals surface area contributed by atoms with Crippen molar-refractivity contribution in [3.05, 3.63) is 84.0 Å². The molecule has 1 heterocycles. The van der Waals surface area contributed by atoms with Crippen LogP contribution in [0.25, 0.3) is 6.08 Å². The van der Waals surface area contributed by atoms with Gasteiger partial charge < -0.3 is 0 Å². The Morgan fingerprint density at radius 3 is 2.26 bits per heavy atom. The normalized spacial score (nSPS) is 14.0. The number of imide groups is 1. The first-order valence-electron chi connectivity index (χ1n) is 7.09. The Hall–Kier alpha value is -3.27. The topological polar surface area (TPSA) is 54.5 Å². The molecule has 23 heavy (non-hydrogen) atoms. The first kappa shape index (κ1) is 14.7. The summed E-state index contributed by atoms with van der Waals surface area (Å²) in [5.41, 5.74) is 1.73. The molecule has 2 aromatic rings. The summed E-state index contributed by atoms with van der Waals surface area (Å²) >= 11 is 0. The van der Waals surface area contributed by atoms with Crippen molar-refractivity contribution in [3.63, 3.8) is 0 Å². The van der Waals surface area contributed by atoms with Crippen molar-refractivity contribution in [2.45, 2.75) is 0 Å². The lowest BCUT2D eigenvalue weighted by atomic mass is 10.1. The molecule has 4 heteroatoms. The molecule has 1 aliphatic heterocycles. The van der Waals surface area contributed by atoms with Gasteiger partial charge in [-0.05, 0) is 23.8 Å². The van der Waals surface area contributed by atoms with E-state index in [1.807, 2.05) is 30.3 Å². The lowest BCUT2D eigenvalue weighted by molar-refractivity contribution is -0.119. The number of carbonyl (C=O) groups excluding carboxylic acids is 3. The van der Waals surface area contributed by atoms with Crippen LogP contribution in [0.2, 0.25) is 0 Å².